The normalized spacial score (nSPS) is 18.4. The summed E-state index contributed by atoms with van der Waals surface area (Å²) >= 11 is 0. The van der Waals surface area contributed by atoms with E-state index >= 15 is 0 Å². The minimum atomic E-state index is -0.596. The van der Waals surface area contributed by atoms with Crippen LogP contribution in [0.2, 0.25) is 0 Å². The third-order valence-electron chi connectivity index (χ3n) is 4.32. The topological polar surface area (TPSA) is 55.8 Å². The van der Waals surface area contributed by atoms with Crippen LogP contribution in [0.1, 0.15) is 27.5 Å². The predicted octanol–water partition coefficient (Wildman–Crippen LogP) is 2.35. The van der Waals surface area contributed by atoms with Gasteiger partial charge in [-0.05, 0) is 41.8 Å². The highest BCUT2D eigenvalue weighted by molar-refractivity contribution is 5.96. The fraction of sp³-hybridized carbons (Fsp3) is 0.222. The van der Waals surface area contributed by atoms with Gasteiger partial charge < -0.3 is 19.2 Å². The van der Waals surface area contributed by atoms with Crippen LogP contribution in [-0.4, -0.2) is 30.4 Å². The van der Waals surface area contributed by atoms with E-state index in [-0.39, 0.29) is 12.7 Å². The summed E-state index contributed by atoms with van der Waals surface area (Å²) in [6.07, 6.45) is 1.51. The minimum absolute atomic E-state index is 0.133. The van der Waals surface area contributed by atoms with E-state index in [1.807, 2.05) is 30.3 Å². The Morgan fingerprint density at radius 2 is 1.87 bits per heavy atom. The van der Waals surface area contributed by atoms with Crippen LogP contribution in [0.25, 0.3) is 0 Å². The van der Waals surface area contributed by atoms with Gasteiger partial charge in [0.15, 0.2) is 11.5 Å². The molecule has 2 aliphatic rings. The van der Waals surface area contributed by atoms with E-state index in [2.05, 4.69) is 0 Å². The largest absolute Gasteiger partial charge is 0.454 e. The maximum atomic E-state index is 12.7. The van der Waals surface area contributed by atoms with E-state index in [4.69, 9.17) is 9.47 Å². The van der Waals surface area contributed by atoms with Crippen LogP contribution in [0.3, 0.4) is 0 Å². The predicted molar refractivity (Wildman–Crippen MR) is 82.6 cm³/mol. The van der Waals surface area contributed by atoms with E-state index in [1.54, 1.807) is 17.0 Å². The maximum absolute atomic E-state index is 12.7. The molecule has 2 aliphatic heterocycles. The molecule has 0 saturated heterocycles. The van der Waals surface area contributed by atoms with E-state index in [0.29, 0.717) is 30.0 Å². The Labute approximate surface area is 133 Å². The molecule has 2 heterocycles. The molecule has 5 nitrogen and oxygen atoms in total. The monoisotopic (exact) mass is 309 g/mol. The van der Waals surface area contributed by atoms with Crippen LogP contribution in [0.5, 0.6) is 11.5 Å². The van der Waals surface area contributed by atoms with Gasteiger partial charge >= 0.3 is 0 Å². The van der Waals surface area contributed by atoms with Crippen LogP contribution in [-0.2, 0) is 11.2 Å². The first kappa shape index (κ1) is 13.8. The molecule has 0 spiro atoms. The first-order valence-corrected chi connectivity index (χ1v) is 7.51. The number of hydrogen-bond donors (Lipinski definition) is 0. The Morgan fingerprint density at radius 1 is 1.13 bits per heavy atom. The molecule has 1 amide bonds. The van der Waals surface area contributed by atoms with Gasteiger partial charge in [-0.3, -0.25) is 4.79 Å². The average Bonchev–Trinajstić information content (AvgIpc) is 3.06. The maximum Gasteiger partial charge on any atom is 0.254 e. The van der Waals surface area contributed by atoms with Crippen molar-refractivity contribution in [3.63, 3.8) is 0 Å². The van der Waals surface area contributed by atoms with Gasteiger partial charge in [-0.1, -0.05) is 18.2 Å². The first-order chi connectivity index (χ1) is 11.3. The minimum Gasteiger partial charge on any atom is -0.454 e. The number of amides is 1. The second-order valence-electron chi connectivity index (χ2n) is 5.60. The smallest absolute Gasteiger partial charge is 0.254 e. The van der Waals surface area contributed by atoms with Crippen molar-refractivity contribution in [1.82, 2.24) is 4.90 Å². The molecule has 2 aromatic carbocycles. The summed E-state index contributed by atoms with van der Waals surface area (Å²) in [5.74, 6) is 1.20. The van der Waals surface area contributed by atoms with Crippen LogP contribution >= 0.6 is 0 Å². The van der Waals surface area contributed by atoms with E-state index in [9.17, 15) is 9.59 Å². The van der Waals surface area contributed by atoms with Gasteiger partial charge in [0.1, 0.15) is 12.3 Å². The SMILES string of the molecule is O=CC1c2cc3c(cc2CCN1C(=O)c1ccccc1)OCO3. The van der Waals surface area contributed by atoms with E-state index < -0.39 is 6.04 Å². The number of hydrogen-bond acceptors (Lipinski definition) is 4. The van der Waals surface area contributed by atoms with Crippen molar-refractivity contribution in [1.29, 1.82) is 0 Å². The quantitative estimate of drug-likeness (QED) is 0.799. The second-order valence-corrected chi connectivity index (χ2v) is 5.60. The number of rotatable bonds is 2. The molecule has 116 valence electrons. The van der Waals surface area contributed by atoms with Crippen molar-refractivity contribution in [3.8, 4) is 11.5 Å². The summed E-state index contributed by atoms with van der Waals surface area (Å²) in [6.45, 7) is 0.695. The lowest BCUT2D eigenvalue weighted by atomic mass is 9.92. The fourth-order valence-corrected chi connectivity index (χ4v) is 3.16. The first-order valence-electron chi connectivity index (χ1n) is 7.51. The van der Waals surface area contributed by atoms with Crippen molar-refractivity contribution in [3.05, 3.63) is 59.2 Å². The number of nitrogens with zero attached hydrogens (tertiary/aromatic N) is 1. The lowest BCUT2D eigenvalue weighted by Gasteiger charge is -2.34. The van der Waals surface area contributed by atoms with Crippen molar-refractivity contribution >= 4 is 12.2 Å². The number of benzene rings is 2. The molecule has 0 saturated carbocycles. The molecular weight excluding hydrogens is 294 g/mol. The van der Waals surface area contributed by atoms with E-state index in [0.717, 1.165) is 17.4 Å². The van der Waals surface area contributed by atoms with E-state index in [1.165, 1.54) is 0 Å². The second kappa shape index (κ2) is 5.43. The Balaban J connectivity index is 1.72. The molecule has 0 fully saturated rings. The van der Waals surface area contributed by atoms with Crippen LogP contribution in [0.15, 0.2) is 42.5 Å². The summed E-state index contributed by atoms with van der Waals surface area (Å²) < 4.78 is 10.8. The van der Waals surface area contributed by atoms with Gasteiger partial charge in [0.05, 0.1) is 0 Å². The Bertz CT molecular complexity index is 772. The molecule has 0 aliphatic carbocycles. The third kappa shape index (κ3) is 2.25. The number of fused-ring (bicyclic) bond motifs is 2. The van der Waals surface area contributed by atoms with Gasteiger partial charge in [0, 0.05) is 12.1 Å². The third-order valence-corrected chi connectivity index (χ3v) is 4.32. The van der Waals surface area contributed by atoms with Crippen LogP contribution in [0, 0.1) is 0 Å². The van der Waals surface area contributed by atoms with Crippen molar-refractivity contribution in [2.24, 2.45) is 0 Å². The lowest BCUT2D eigenvalue weighted by molar-refractivity contribution is -0.112. The summed E-state index contributed by atoms with van der Waals surface area (Å²) in [4.78, 5) is 26.0. The molecule has 0 N–H and O–H groups in total. The van der Waals surface area contributed by atoms with Gasteiger partial charge in [-0.15, -0.1) is 0 Å². The van der Waals surface area contributed by atoms with Gasteiger partial charge in [-0.2, -0.15) is 0 Å². The molecule has 1 unspecified atom stereocenters. The molecule has 0 radical (unpaired) electrons. The zero-order valence-corrected chi connectivity index (χ0v) is 12.4. The Hall–Kier alpha value is -2.82. The lowest BCUT2D eigenvalue weighted by Crippen LogP contribution is -2.40. The van der Waals surface area contributed by atoms with Gasteiger partial charge in [-0.25, -0.2) is 0 Å². The van der Waals surface area contributed by atoms with Crippen molar-refractivity contribution in [2.75, 3.05) is 13.3 Å². The molecule has 2 aromatic rings. The number of ether oxygens (including phenoxy) is 2. The summed E-state index contributed by atoms with van der Waals surface area (Å²) in [7, 11) is 0. The molecule has 5 heteroatoms. The molecule has 0 bridgehead atoms. The van der Waals surface area contributed by atoms with Crippen LogP contribution in [0.4, 0.5) is 0 Å². The van der Waals surface area contributed by atoms with Gasteiger partial charge in [0.25, 0.3) is 5.91 Å². The van der Waals surface area contributed by atoms with Crippen molar-refractivity contribution in [2.45, 2.75) is 12.5 Å². The fourth-order valence-electron chi connectivity index (χ4n) is 3.16. The highest BCUT2D eigenvalue weighted by Gasteiger charge is 2.33. The molecule has 0 aromatic heterocycles. The highest BCUT2D eigenvalue weighted by Crippen LogP contribution is 2.40. The number of aldehydes is 1. The highest BCUT2D eigenvalue weighted by atomic mass is 16.7. The zero-order valence-electron chi connectivity index (χ0n) is 12.4. The summed E-state index contributed by atoms with van der Waals surface area (Å²) in [5, 5.41) is 0. The number of carbonyl (C=O) groups excluding carboxylic acids is 2. The summed E-state index contributed by atoms with van der Waals surface area (Å²) in [6, 6.07) is 12.2. The molecule has 4 rings (SSSR count). The van der Waals surface area contributed by atoms with Crippen molar-refractivity contribution < 1.29 is 19.1 Å². The number of carbonyl (C=O) groups is 2. The van der Waals surface area contributed by atoms with Gasteiger partial charge in [0.2, 0.25) is 6.79 Å². The average molecular weight is 309 g/mol. The zero-order chi connectivity index (χ0) is 15.8. The standard InChI is InChI=1S/C18H15NO4/c20-10-15-14-9-17-16(22-11-23-17)8-13(14)6-7-19(15)18(21)12-4-2-1-3-5-12/h1-5,8-10,15H,6-7,11H2. The molecule has 23 heavy (non-hydrogen) atoms. The summed E-state index contributed by atoms with van der Waals surface area (Å²) in [5.41, 5.74) is 2.44. The Kier molecular flexibility index (Phi) is 3.26. The molecule has 1 atom stereocenters. The Morgan fingerprint density at radius 3 is 2.61 bits per heavy atom. The molecular formula is C18H15NO4. The van der Waals surface area contributed by atoms with Crippen LogP contribution < -0.4 is 9.47 Å².